The second kappa shape index (κ2) is 11.5. The van der Waals surface area contributed by atoms with Crippen molar-refractivity contribution in [2.24, 2.45) is 12.1 Å². The molecule has 0 unspecified atom stereocenters. The number of hydrazone groups is 1. The molecule has 0 spiro atoms. The Hall–Kier alpha value is -4.54. The van der Waals surface area contributed by atoms with E-state index in [9.17, 15) is 24.6 Å². The average molecular weight is 507 g/mol. The highest BCUT2D eigenvalue weighted by Gasteiger charge is 2.28. The molecule has 0 bridgehead atoms. The van der Waals surface area contributed by atoms with Crippen LogP contribution < -0.4 is 5.56 Å². The summed E-state index contributed by atoms with van der Waals surface area (Å²) in [6.45, 7) is 0. The third kappa shape index (κ3) is 5.66. The fourth-order valence-corrected chi connectivity index (χ4v) is 3.66. The number of allylic oxidation sites excluding steroid dienone is 2. The van der Waals surface area contributed by atoms with Gasteiger partial charge in [-0.05, 0) is 24.3 Å². The van der Waals surface area contributed by atoms with Gasteiger partial charge in [0.15, 0.2) is 6.29 Å². The zero-order valence-corrected chi connectivity index (χ0v) is 18.8. The summed E-state index contributed by atoms with van der Waals surface area (Å²) in [5.74, 6) is -1.39. The van der Waals surface area contributed by atoms with E-state index in [0.717, 1.165) is 0 Å². The molecular weight excluding hydrogens is 476 g/mol. The van der Waals surface area contributed by atoms with Gasteiger partial charge in [0.1, 0.15) is 5.71 Å². The number of rotatable bonds is 6. The van der Waals surface area contributed by atoms with Crippen molar-refractivity contribution < 1.29 is 24.9 Å². The number of aliphatic hydroxyl groups is 2. The summed E-state index contributed by atoms with van der Waals surface area (Å²) in [5, 5.41) is 36.1. The van der Waals surface area contributed by atoms with Crippen LogP contribution in [0.4, 0.5) is 0 Å². The normalized spacial score (nSPS) is 14.2. The molecule has 3 aromatic rings. The first-order valence-electron chi connectivity index (χ1n) is 10.5. The van der Waals surface area contributed by atoms with Crippen molar-refractivity contribution in [2.75, 3.05) is 7.05 Å². The maximum absolute atomic E-state index is 12.7. The first-order valence-corrected chi connectivity index (χ1v) is 10.5. The molecule has 1 aromatic heterocycles. The number of aromatic nitrogens is 2. The van der Waals surface area contributed by atoms with Crippen LogP contribution in [-0.2, 0) is 11.8 Å². The molecule has 0 aliphatic carbocycles. The van der Waals surface area contributed by atoms with Gasteiger partial charge in [0.2, 0.25) is 0 Å². The van der Waals surface area contributed by atoms with Gasteiger partial charge in [-0.15, -0.1) is 0 Å². The molecular formula is C27H30N4O6. The van der Waals surface area contributed by atoms with Crippen molar-refractivity contribution in [3.8, 4) is 11.3 Å². The number of carbonyl (C=O) groups excluding carboxylic acids is 1. The number of carboxylic acids is 1. The minimum Gasteiger partial charge on any atom is -0.478 e. The topological polar surface area (TPSA) is 148 Å². The molecule has 10 nitrogen and oxygen atoms in total. The number of benzene rings is 2. The average Bonchev–Trinajstić information content (AvgIpc) is 3.29. The molecule has 37 heavy (non-hydrogen) atoms. The lowest BCUT2D eigenvalue weighted by molar-refractivity contribution is -0.124. The number of carbonyl (C=O) groups is 2. The molecule has 1 aliphatic rings. The second-order valence-corrected chi connectivity index (χ2v) is 7.86. The number of aryl methyl sites for hydroxylation is 1. The van der Waals surface area contributed by atoms with Crippen molar-refractivity contribution >= 4 is 23.7 Å². The van der Waals surface area contributed by atoms with Crippen molar-refractivity contribution in [2.45, 2.75) is 21.1 Å². The summed E-state index contributed by atoms with van der Waals surface area (Å²) in [6, 6.07) is 12.5. The Balaban J connectivity index is 0.00000241. The van der Waals surface area contributed by atoms with E-state index in [1.165, 1.54) is 28.9 Å². The number of nitrogens with zero attached hydrogens (tertiary/aromatic N) is 3. The quantitative estimate of drug-likeness (QED) is 0.298. The van der Waals surface area contributed by atoms with E-state index in [1.54, 1.807) is 61.7 Å². The Kier molecular flexibility index (Phi) is 8.89. The zero-order chi connectivity index (χ0) is 25.3. The van der Waals surface area contributed by atoms with E-state index < -0.39 is 12.3 Å². The maximum atomic E-state index is 12.7. The van der Waals surface area contributed by atoms with Crippen molar-refractivity contribution in [3.05, 3.63) is 98.9 Å². The van der Waals surface area contributed by atoms with E-state index in [4.69, 9.17) is 5.11 Å². The fraction of sp³-hybridized carbons (Fsp3) is 0.185. The molecule has 2 aromatic carbocycles. The molecule has 4 rings (SSSR count). The smallest absolute Gasteiger partial charge is 0.335 e. The van der Waals surface area contributed by atoms with Gasteiger partial charge in [0.05, 0.1) is 22.4 Å². The van der Waals surface area contributed by atoms with Crippen LogP contribution in [0.2, 0.25) is 0 Å². The largest absolute Gasteiger partial charge is 0.478 e. The van der Waals surface area contributed by atoms with Gasteiger partial charge in [-0.3, -0.25) is 19.4 Å². The van der Waals surface area contributed by atoms with Crippen LogP contribution in [0.1, 0.15) is 48.2 Å². The molecule has 10 heteroatoms. The van der Waals surface area contributed by atoms with Crippen molar-refractivity contribution in [3.63, 3.8) is 0 Å². The van der Waals surface area contributed by atoms with Gasteiger partial charge >= 0.3 is 5.97 Å². The minimum absolute atomic E-state index is 0. The van der Waals surface area contributed by atoms with Crippen molar-refractivity contribution in [1.29, 1.82) is 0 Å². The highest BCUT2D eigenvalue weighted by Crippen LogP contribution is 2.24. The van der Waals surface area contributed by atoms with Gasteiger partial charge in [-0.25, -0.2) is 9.80 Å². The van der Waals surface area contributed by atoms with Gasteiger partial charge in [0, 0.05) is 30.8 Å². The van der Waals surface area contributed by atoms with E-state index >= 15 is 0 Å². The lowest BCUT2D eigenvalue weighted by atomic mass is 10.0. The van der Waals surface area contributed by atoms with E-state index in [2.05, 4.69) is 10.2 Å². The number of aromatic amines is 1. The number of nitrogens with one attached hydrogen (secondary N) is 1. The van der Waals surface area contributed by atoms with Gasteiger partial charge in [-0.2, -0.15) is 5.10 Å². The van der Waals surface area contributed by atoms with Crippen LogP contribution in [0.3, 0.4) is 0 Å². The summed E-state index contributed by atoms with van der Waals surface area (Å²) in [4.78, 5) is 36.5. The number of amides is 1. The molecule has 4 N–H and O–H groups in total. The van der Waals surface area contributed by atoms with Crippen LogP contribution in [0.5, 0.6) is 0 Å². The number of hydrogen-bond donors (Lipinski definition) is 4. The monoisotopic (exact) mass is 506 g/mol. The Morgan fingerprint density at radius 3 is 2.14 bits per heavy atom. The molecule has 0 radical (unpaired) electrons. The highest BCUT2D eigenvalue weighted by molar-refractivity contribution is 6.31. The van der Waals surface area contributed by atoms with Crippen LogP contribution in [0.25, 0.3) is 17.3 Å². The summed E-state index contributed by atoms with van der Waals surface area (Å²) >= 11 is 0. The highest BCUT2D eigenvalue weighted by atomic mass is 16.5. The predicted octanol–water partition coefficient (Wildman–Crippen LogP) is 3.15. The van der Waals surface area contributed by atoms with Crippen LogP contribution >= 0.6 is 0 Å². The molecule has 0 fully saturated rings. The number of carboxylic acid groups (broad SMARTS) is 1. The zero-order valence-electron chi connectivity index (χ0n) is 18.8. The maximum Gasteiger partial charge on any atom is 0.335 e. The third-order valence-corrected chi connectivity index (χ3v) is 5.54. The van der Waals surface area contributed by atoms with Gasteiger partial charge < -0.3 is 15.3 Å². The minimum atomic E-state index is -1.59. The fourth-order valence-electron chi connectivity index (χ4n) is 3.66. The SMILES string of the molecule is C.C.CN1N=C(c2ccc(C(=O)O)cc2)/C(=C/C=C/c2c(-c3ccc(C(O)O)cc3)[nH]n(C)c2=O)C1=O. The lowest BCUT2D eigenvalue weighted by Crippen LogP contribution is -2.17. The number of hydrogen-bond acceptors (Lipinski definition) is 6. The molecule has 0 atom stereocenters. The molecule has 2 heterocycles. The summed E-state index contributed by atoms with van der Waals surface area (Å²) in [6.07, 6.45) is 3.11. The Morgan fingerprint density at radius 2 is 1.57 bits per heavy atom. The lowest BCUT2D eigenvalue weighted by Gasteiger charge is -2.05. The molecule has 194 valence electrons. The number of likely N-dealkylation sites (N-methyl/N-ethyl adjacent to an activating group) is 1. The number of aliphatic hydroxyl groups excluding tert-OH is 1. The Morgan fingerprint density at radius 1 is 0.973 bits per heavy atom. The second-order valence-electron chi connectivity index (χ2n) is 7.86. The van der Waals surface area contributed by atoms with E-state index in [1.807, 2.05) is 0 Å². The Labute approximate surface area is 214 Å². The van der Waals surface area contributed by atoms with E-state index in [0.29, 0.717) is 39.2 Å². The predicted molar refractivity (Wildman–Crippen MR) is 142 cm³/mol. The molecule has 1 aliphatic heterocycles. The standard InChI is InChI=1S/C25H22N4O6.2CH4/c1-28-22(30)18(20(26-28)14-6-10-16(11-7-14)24(32)33)4-3-5-19-21(27-29(2)23(19)31)15-8-12-17(13-9-15)25(34)35;;/h3-13,24,26,32-33H,1-2H3,(H,34,35);2*1H4/b4-3+,19-5-;;. The summed E-state index contributed by atoms with van der Waals surface area (Å²) < 4.78 is 1.32. The van der Waals surface area contributed by atoms with Gasteiger partial charge in [-0.1, -0.05) is 57.3 Å². The first-order chi connectivity index (χ1) is 16.7. The molecule has 0 saturated heterocycles. The Bertz CT molecular complexity index is 1440. The summed E-state index contributed by atoms with van der Waals surface area (Å²) in [7, 11) is 3.10. The number of H-pyrrole nitrogens is 1. The summed E-state index contributed by atoms with van der Waals surface area (Å²) in [5.41, 5.74) is 2.96. The third-order valence-electron chi connectivity index (χ3n) is 5.54. The van der Waals surface area contributed by atoms with Crippen LogP contribution in [0, 0.1) is 0 Å². The first kappa shape index (κ1) is 28.7. The van der Waals surface area contributed by atoms with Crippen molar-refractivity contribution in [1.82, 2.24) is 14.8 Å². The van der Waals surface area contributed by atoms with E-state index in [-0.39, 0.29) is 31.9 Å². The van der Waals surface area contributed by atoms with Gasteiger partial charge in [0.25, 0.3) is 11.5 Å². The van der Waals surface area contributed by atoms with Crippen LogP contribution in [-0.4, -0.2) is 54.7 Å². The molecule has 0 saturated carbocycles. The van der Waals surface area contributed by atoms with Crippen LogP contribution in [0.15, 0.2) is 76.2 Å². The number of aromatic carboxylic acids is 1. The molecule has 1 amide bonds.